The molecule has 0 aliphatic carbocycles. The van der Waals surface area contributed by atoms with Crippen molar-refractivity contribution in [3.05, 3.63) is 0 Å². The van der Waals surface area contributed by atoms with Gasteiger partial charge in [-0.25, -0.2) is 9.59 Å². The standard InChI is InChI=1S/C13H23N3O4/c17-12(18)11-10-16(8-9-20-11)13(19)14-4-3-7-15-5-1-2-6-15/h11H,1-10H2,(H,14,19)(H,17,18). The molecule has 0 aromatic rings. The van der Waals surface area contributed by atoms with E-state index in [9.17, 15) is 9.59 Å². The van der Waals surface area contributed by atoms with Crippen LogP contribution in [0.2, 0.25) is 0 Å². The van der Waals surface area contributed by atoms with Crippen molar-refractivity contribution in [2.24, 2.45) is 0 Å². The SMILES string of the molecule is O=C(O)C1CN(C(=O)NCCCN2CCCC2)CCO1. The number of nitrogens with one attached hydrogen (secondary N) is 1. The van der Waals surface area contributed by atoms with Gasteiger partial charge in [-0.3, -0.25) is 0 Å². The highest BCUT2D eigenvalue weighted by atomic mass is 16.5. The van der Waals surface area contributed by atoms with E-state index in [-0.39, 0.29) is 19.2 Å². The van der Waals surface area contributed by atoms with E-state index in [2.05, 4.69) is 10.2 Å². The van der Waals surface area contributed by atoms with Gasteiger partial charge in [-0.1, -0.05) is 0 Å². The van der Waals surface area contributed by atoms with E-state index in [0.29, 0.717) is 13.1 Å². The minimum Gasteiger partial charge on any atom is -0.479 e. The number of carboxylic acid groups (broad SMARTS) is 1. The second kappa shape index (κ2) is 7.44. The van der Waals surface area contributed by atoms with Crippen LogP contribution in [0.4, 0.5) is 4.79 Å². The zero-order valence-corrected chi connectivity index (χ0v) is 11.7. The molecule has 7 heteroatoms. The maximum Gasteiger partial charge on any atom is 0.334 e. The van der Waals surface area contributed by atoms with Gasteiger partial charge in [0.05, 0.1) is 13.2 Å². The van der Waals surface area contributed by atoms with E-state index in [0.717, 1.165) is 26.1 Å². The first-order chi connectivity index (χ1) is 9.66. The molecule has 2 amide bonds. The van der Waals surface area contributed by atoms with Gasteiger partial charge in [0.1, 0.15) is 0 Å². The second-order valence-electron chi connectivity index (χ2n) is 5.28. The van der Waals surface area contributed by atoms with Gasteiger partial charge in [-0.15, -0.1) is 0 Å². The Bertz CT molecular complexity index is 345. The summed E-state index contributed by atoms with van der Waals surface area (Å²) >= 11 is 0. The summed E-state index contributed by atoms with van der Waals surface area (Å²) in [5, 5.41) is 11.7. The number of ether oxygens (including phenoxy) is 1. The van der Waals surface area contributed by atoms with Crippen LogP contribution < -0.4 is 5.32 Å². The Labute approximate surface area is 118 Å². The molecule has 20 heavy (non-hydrogen) atoms. The van der Waals surface area contributed by atoms with Crippen molar-refractivity contribution in [2.75, 3.05) is 45.9 Å². The largest absolute Gasteiger partial charge is 0.479 e. The number of hydrogen-bond donors (Lipinski definition) is 2. The van der Waals surface area contributed by atoms with E-state index in [4.69, 9.17) is 9.84 Å². The Morgan fingerprint density at radius 3 is 2.70 bits per heavy atom. The van der Waals surface area contributed by atoms with Gasteiger partial charge in [0.2, 0.25) is 0 Å². The van der Waals surface area contributed by atoms with Crippen LogP contribution in [0.25, 0.3) is 0 Å². The van der Waals surface area contributed by atoms with E-state index in [1.165, 1.54) is 17.7 Å². The summed E-state index contributed by atoms with van der Waals surface area (Å²) in [6.07, 6.45) is 2.57. The normalized spacial score (nSPS) is 23.8. The van der Waals surface area contributed by atoms with Gasteiger partial charge in [0.15, 0.2) is 6.10 Å². The lowest BCUT2D eigenvalue weighted by atomic mass is 10.3. The van der Waals surface area contributed by atoms with Crippen LogP contribution in [0.3, 0.4) is 0 Å². The molecular formula is C13H23N3O4. The molecule has 0 aromatic carbocycles. The van der Waals surface area contributed by atoms with Crippen LogP contribution in [0.5, 0.6) is 0 Å². The molecule has 2 fully saturated rings. The number of likely N-dealkylation sites (tertiary alicyclic amines) is 1. The molecule has 2 saturated heterocycles. The monoisotopic (exact) mass is 285 g/mol. The lowest BCUT2D eigenvalue weighted by molar-refractivity contribution is -0.154. The van der Waals surface area contributed by atoms with Crippen LogP contribution in [0.15, 0.2) is 0 Å². The summed E-state index contributed by atoms with van der Waals surface area (Å²) in [7, 11) is 0. The molecule has 2 heterocycles. The molecule has 1 atom stereocenters. The molecule has 0 bridgehead atoms. The molecule has 0 saturated carbocycles. The molecule has 2 aliphatic rings. The smallest absolute Gasteiger partial charge is 0.334 e. The summed E-state index contributed by atoms with van der Waals surface area (Å²) in [6, 6.07) is -0.194. The quantitative estimate of drug-likeness (QED) is 0.693. The van der Waals surface area contributed by atoms with Gasteiger partial charge in [0, 0.05) is 13.1 Å². The van der Waals surface area contributed by atoms with Crippen LogP contribution in [-0.4, -0.2) is 78.9 Å². The van der Waals surface area contributed by atoms with E-state index < -0.39 is 12.1 Å². The number of morpholine rings is 1. The van der Waals surface area contributed by atoms with Crippen LogP contribution in [0, 0.1) is 0 Å². The first kappa shape index (κ1) is 15.1. The highest BCUT2D eigenvalue weighted by Crippen LogP contribution is 2.07. The maximum absolute atomic E-state index is 11.9. The minimum atomic E-state index is -1.02. The lowest BCUT2D eigenvalue weighted by Gasteiger charge is -2.30. The topological polar surface area (TPSA) is 82.1 Å². The van der Waals surface area contributed by atoms with Crippen molar-refractivity contribution in [2.45, 2.75) is 25.4 Å². The van der Waals surface area contributed by atoms with Gasteiger partial charge < -0.3 is 25.0 Å². The van der Waals surface area contributed by atoms with E-state index >= 15 is 0 Å². The number of urea groups is 1. The van der Waals surface area contributed by atoms with E-state index in [1.54, 1.807) is 0 Å². The maximum atomic E-state index is 11.9. The van der Waals surface area contributed by atoms with Gasteiger partial charge in [-0.05, 0) is 38.9 Å². The summed E-state index contributed by atoms with van der Waals surface area (Å²) in [5.41, 5.74) is 0. The van der Waals surface area contributed by atoms with Gasteiger partial charge in [-0.2, -0.15) is 0 Å². The predicted octanol–water partition coefficient (Wildman–Crippen LogP) is -0.0327. The molecule has 2 aliphatic heterocycles. The second-order valence-corrected chi connectivity index (χ2v) is 5.28. The van der Waals surface area contributed by atoms with E-state index in [1.807, 2.05) is 0 Å². The predicted molar refractivity (Wildman–Crippen MR) is 72.6 cm³/mol. The molecule has 0 aromatic heterocycles. The number of hydrogen-bond acceptors (Lipinski definition) is 4. The Kier molecular flexibility index (Phi) is 5.60. The van der Waals surface area contributed by atoms with Gasteiger partial charge in [0.25, 0.3) is 0 Å². The molecule has 2 N–H and O–H groups in total. The molecule has 0 spiro atoms. The highest BCUT2D eigenvalue weighted by molar-refractivity contribution is 5.77. The third kappa shape index (κ3) is 4.35. The number of carbonyl (C=O) groups is 2. The number of carbonyl (C=O) groups excluding carboxylic acids is 1. The fraction of sp³-hybridized carbons (Fsp3) is 0.846. The summed E-state index contributed by atoms with van der Waals surface area (Å²) < 4.78 is 5.09. The molecule has 7 nitrogen and oxygen atoms in total. The number of amides is 2. The summed E-state index contributed by atoms with van der Waals surface area (Å²) in [5.74, 6) is -1.02. The molecular weight excluding hydrogens is 262 g/mol. The number of rotatable bonds is 5. The fourth-order valence-electron chi connectivity index (χ4n) is 2.60. The first-order valence-electron chi connectivity index (χ1n) is 7.26. The van der Waals surface area contributed by atoms with Crippen LogP contribution in [-0.2, 0) is 9.53 Å². The molecule has 2 rings (SSSR count). The third-order valence-electron chi connectivity index (χ3n) is 3.76. The van der Waals surface area contributed by atoms with Crippen molar-refractivity contribution in [3.63, 3.8) is 0 Å². The zero-order chi connectivity index (χ0) is 14.4. The molecule has 114 valence electrons. The number of carboxylic acids is 1. The third-order valence-corrected chi connectivity index (χ3v) is 3.76. The number of nitrogens with zero attached hydrogens (tertiary/aromatic N) is 2. The Morgan fingerprint density at radius 2 is 2.00 bits per heavy atom. The van der Waals surface area contributed by atoms with Gasteiger partial charge >= 0.3 is 12.0 Å². The van der Waals surface area contributed by atoms with Crippen molar-refractivity contribution >= 4 is 12.0 Å². The summed E-state index contributed by atoms with van der Waals surface area (Å²) in [6.45, 7) is 4.81. The van der Waals surface area contributed by atoms with Crippen molar-refractivity contribution in [3.8, 4) is 0 Å². The van der Waals surface area contributed by atoms with Crippen molar-refractivity contribution in [1.29, 1.82) is 0 Å². The molecule has 0 radical (unpaired) electrons. The van der Waals surface area contributed by atoms with Crippen molar-refractivity contribution < 1.29 is 19.4 Å². The zero-order valence-electron chi connectivity index (χ0n) is 11.7. The fourth-order valence-corrected chi connectivity index (χ4v) is 2.60. The summed E-state index contributed by atoms with van der Waals surface area (Å²) in [4.78, 5) is 26.7. The van der Waals surface area contributed by atoms with Crippen LogP contribution >= 0.6 is 0 Å². The van der Waals surface area contributed by atoms with Crippen LogP contribution in [0.1, 0.15) is 19.3 Å². The average Bonchev–Trinajstić information content (AvgIpc) is 2.96. The minimum absolute atomic E-state index is 0.118. The Balaban J connectivity index is 1.62. The lowest BCUT2D eigenvalue weighted by Crippen LogP contribution is -2.52. The first-order valence-corrected chi connectivity index (χ1v) is 7.26. The Hall–Kier alpha value is -1.34. The molecule has 1 unspecified atom stereocenters. The average molecular weight is 285 g/mol. The highest BCUT2D eigenvalue weighted by Gasteiger charge is 2.28. The van der Waals surface area contributed by atoms with Crippen molar-refractivity contribution in [1.82, 2.24) is 15.1 Å². The number of aliphatic carboxylic acids is 1. The Morgan fingerprint density at radius 1 is 1.25 bits per heavy atom.